The molecule has 0 saturated carbocycles. The van der Waals surface area contributed by atoms with Crippen LogP contribution >= 0.6 is 11.6 Å². The summed E-state index contributed by atoms with van der Waals surface area (Å²) >= 11 is 5.85. The molecule has 3 nitrogen and oxygen atoms in total. The highest BCUT2D eigenvalue weighted by molar-refractivity contribution is 6.18. The van der Waals surface area contributed by atoms with Crippen molar-refractivity contribution in [3.05, 3.63) is 0 Å². The van der Waals surface area contributed by atoms with Crippen LogP contribution in [0.15, 0.2) is 0 Å². The zero-order chi connectivity index (χ0) is 13.0. The Labute approximate surface area is 115 Å². The molecule has 0 aliphatic carbocycles. The van der Waals surface area contributed by atoms with Gasteiger partial charge in [0.1, 0.15) is 0 Å². The molecule has 104 valence electrons. The molecule has 2 rings (SSSR count). The molecule has 2 saturated heterocycles. The van der Waals surface area contributed by atoms with Gasteiger partial charge in [0, 0.05) is 25.4 Å². The molecule has 2 aliphatic rings. The van der Waals surface area contributed by atoms with Gasteiger partial charge in [0.2, 0.25) is 5.91 Å². The lowest BCUT2D eigenvalue weighted by Gasteiger charge is -2.33. The Morgan fingerprint density at radius 3 is 2.56 bits per heavy atom. The van der Waals surface area contributed by atoms with Gasteiger partial charge < -0.3 is 9.80 Å². The van der Waals surface area contributed by atoms with E-state index in [1.165, 1.54) is 38.9 Å². The minimum Gasteiger partial charge on any atom is -0.342 e. The number of hydrogen-bond acceptors (Lipinski definition) is 2. The number of carbonyl (C=O) groups excluding carboxylic acids is 1. The molecule has 0 bridgehead atoms. The van der Waals surface area contributed by atoms with Crippen molar-refractivity contribution in [2.24, 2.45) is 11.8 Å². The molecule has 1 amide bonds. The predicted octanol–water partition coefficient (Wildman–Crippen LogP) is 2.20. The molecule has 4 heteroatoms. The van der Waals surface area contributed by atoms with Gasteiger partial charge in [-0.05, 0) is 50.7 Å². The molecule has 0 aromatic carbocycles. The van der Waals surface area contributed by atoms with Gasteiger partial charge in [0.05, 0.1) is 0 Å². The molecule has 1 atom stereocenters. The van der Waals surface area contributed by atoms with Gasteiger partial charge in [-0.15, -0.1) is 11.6 Å². The van der Waals surface area contributed by atoms with E-state index in [4.69, 9.17) is 11.6 Å². The molecule has 2 fully saturated rings. The van der Waals surface area contributed by atoms with E-state index in [-0.39, 0.29) is 0 Å². The monoisotopic (exact) mass is 272 g/mol. The van der Waals surface area contributed by atoms with E-state index in [1.54, 1.807) is 0 Å². The molecule has 0 spiro atoms. The predicted molar refractivity (Wildman–Crippen MR) is 74.9 cm³/mol. The van der Waals surface area contributed by atoms with Crippen LogP contribution in [0.3, 0.4) is 0 Å². The van der Waals surface area contributed by atoms with E-state index in [0.29, 0.717) is 30.0 Å². The van der Waals surface area contributed by atoms with Gasteiger partial charge in [-0.1, -0.05) is 6.92 Å². The average molecular weight is 273 g/mol. The van der Waals surface area contributed by atoms with Gasteiger partial charge in [-0.2, -0.15) is 0 Å². The summed E-state index contributed by atoms with van der Waals surface area (Å²) < 4.78 is 0. The quantitative estimate of drug-likeness (QED) is 0.717. The minimum atomic E-state index is 0.316. The van der Waals surface area contributed by atoms with Crippen LogP contribution in [0.4, 0.5) is 0 Å². The average Bonchev–Trinajstić information content (AvgIpc) is 2.73. The first-order chi connectivity index (χ1) is 8.72. The number of rotatable bonds is 5. The molecule has 18 heavy (non-hydrogen) atoms. The summed E-state index contributed by atoms with van der Waals surface area (Å²) in [7, 11) is 0. The van der Waals surface area contributed by atoms with Gasteiger partial charge in [0.25, 0.3) is 0 Å². The van der Waals surface area contributed by atoms with E-state index in [1.807, 2.05) is 4.90 Å². The second-order valence-corrected chi connectivity index (χ2v) is 6.12. The van der Waals surface area contributed by atoms with Crippen LogP contribution in [0.1, 0.15) is 32.6 Å². The molecular weight excluding hydrogens is 248 g/mol. The number of nitrogens with zero attached hydrogens (tertiary/aromatic N) is 2. The van der Waals surface area contributed by atoms with Crippen molar-refractivity contribution in [1.29, 1.82) is 0 Å². The Morgan fingerprint density at radius 1 is 1.28 bits per heavy atom. The number of carbonyl (C=O) groups is 1. The van der Waals surface area contributed by atoms with Crippen molar-refractivity contribution < 1.29 is 4.79 Å². The largest absolute Gasteiger partial charge is 0.342 e. The fourth-order valence-corrected chi connectivity index (χ4v) is 3.36. The first-order valence-corrected chi connectivity index (χ1v) is 7.82. The Bertz CT molecular complexity index is 277. The summed E-state index contributed by atoms with van der Waals surface area (Å²) in [6.07, 6.45) is 4.40. The van der Waals surface area contributed by atoms with E-state index in [2.05, 4.69) is 11.8 Å². The van der Waals surface area contributed by atoms with Gasteiger partial charge in [-0.3, -0.25) is 4.79 Å². The van der Waals surface area contributed by atoms with Crippen LogP contribution in [0, 0.1) is 11.8 Å². The third-order valence-electron chi connectivity index (χ3n) is 4.24. The summed E-state index contributed by atoms with van der Waals surface area (Å²) in [5.41, 5.74) is 0. The Kier molecular flexibility index (Phi) is 5.31. The second kappa shape index (κ2) is 6.76. The highest BCUT2D eigenvalue weighted by Crippen LogP contribution is 2.24. The highest BCUT2D eigenvalue weighted by Gasteiger charge is 2.31. The Hall–Kier alpha value is -0.280. The smallest absolute Gasteiger partial charge is 0.222 e. The topological polar surface area (TPSA) is 23.6 Å². The standard InChI is InChI=1S/C14H25ClN2O/c1-2-5-16-6-3-12(4-7-16)10-17-11-13(9-15)8-14(17)18/h12-13H,2-11H2,1H3. The Balaban J connectivity index is 1.73. The van der Waals surface area contributed by atoms with Crippen LogP contribution in [0.5, 0.6) is 0 Å². The molecular formula is C14H25ClN2O. The minimum absolute atomic E-state index is 0.316. The fraction of sp³-hybridized carbons (Fsp3) is 0.929. The maximum atomic E-state index is 11.8. The first kappa shape index (κ1) is 14.1. The van der Waals surface area contributed by atoms with Crippen LogP contribution in [-0.4, -0.2) is 54.3 Å². The van der Waals surface area contributed by atoms with Crippen LogP contribution in [-0.2, 0) is 4.79 Å². The van der Waals surface area contributed by atoms with Gasteiger partial charge >= 0.3 is 0 Å². The zero-order valence-corrected chi connectivity index (χ0v) is 12.2. The Morgan fingerprint density at radius 2 is 2.00 bits per heavy atom. The third-order valence-corrected chi connectivity index (χ3v) is 4.67. The lowest BCUT2D eigenvalue weighted by Crippen LogP contribution is -2.39. The van der Waals surface area contributed by atoms with Crippen molar-refractivity contribution in [3.63, 3.8) is 0 Å². The van der Waals surface area contributed by atoms with E-state index >= 15 is 0 Å². The lowest BCUT2D eigenvalue weighted by molar-refractivity contribution is -0.128. The second-order valence-electron chi connectivity index (χ2n) is 5.81. The van der Waals surface area contributed by atoms with Crippen LogP contribution in [0.2, 0.25) is 0 Å². The first-order valence-electron chi connectivity index (χ1n) is 7.29. The summed E-state index contributed by atoms with van der Waals surface area (Å²) in [5.74, 6) is 2.03. The number of hydrogen-bond donors (Lipinski definition) is 0. The van der Waals surface area contributed by atoms with Gasteiger partial charge in [0.15, 0.2) is 0 Å². The van der Waals surface area contributed by atoms with Crippen molar-refractivity contribution in [2.45, 2.75) is 32.6 Å². The number of alkyl halides is 1. The van der Waals surface area contributed by atoms with Crippen molar-refractivity contribution in [3.8, 4) is 0 Å². The molecule has 2 heterocycles. The maximum Gasteiger partial charge on any atom is 0.222 e. The third kappa shape index (κ3) is 3.61. The molecule has 0 aromatic heterocycles. The lowest BCUT2D eigenvalue weighted by atomic mass is 9.96. The van der Waals surface area contributed by atoms with E-state index in [0.717, 1.165) is 13.1 Å². The SMILES string of the molecule is CCCN1CCC(CN2CC(CCl)CC2=O)CC1. The summed E-state index contributed by atoms with van der Waals surface area (Å²) in [5, 5.41) is 0. The zero-order valence-electron chi connectivity index (χ0n) is 11.4. The maximum absolute atomic E-state index is 11.8. The normalized spacial score (nSPS) is 27.1. The summed E-state index contributed by atoms with van der Waals surface area (Å²) in [4.78, 5) is 16.4. The fourth-order valence-electron chi connectivity index (χ4n) is 3.15. The number of amides is 1. The number of likely N-dealkylation sites (tertiary alicyclic amines) is 2. The molecule has 0 N–H and O–H groups in total. The van der Waals surface area contributed by atoms with E-state index in [9.17, 15) is 4.79 Å². The number of halogens is 1. The molecule has 0 aromatic rings. The van der Waals surface area contributed by atoms with Crippen molar-refractivity contribution >= 4 is 17.5 Å². The highest BCUT2D eigenvalue weighted by atomic mass is 35.5. The summed E-state index contributed by atoms with van der Waals surface area (Å²) in [6.45, 7) is 7.73. The molecule has 2 aliphatic heterocycles. The molecule has 1 unspecified atom stereocenters. The van der Waals surface area contributed by atoms with Crippen molar-refractivity contribution in [1.82, 2.24) is 9.80 Å². The van der Waals surface area contributed by atoms with Crippen LogP contribution < -0.4 is 0 Å². The number of piperidine rings is 1. The van der Waals surface area contributed by atoms with Gasteiger partial charge in [-0.25, -0.2) is 0 Å². The molecule has 0 radical (unpaired) electrons. The van der Waals surface area contributed by atoms with E-state index < -0.39 is 0 Å². The van der Waals surface area contributed by atoms with Crippen LogP contribution in [0.25, 0.3) is 0 Å². The summed E-state index contributed by atoms with van der Waals surface area (Å²) in [6, 6.07) is 0. The van der Waals surface area contributed by atoms with Crippen molar-refractivity contribution in [2.75, 3.05) is 38.6 Å².